The molecule has 0 saturated carbocycles. The van der Waals surface area contributed by atoms with E-state index in [0.29, 0.717) is 0 Å². The third-order valence-electron chi connectivity index (χ3n) is 1.73. The summed E-state index contributed by atoms with van der Waals surface area (Å²) in [4.78, 5) is 19.8. The van der Waals surface area contributed by atoms with E-state index in [1.807, 2.05) is 30.3 Å². The Labute approximate surface area is 104 Å². The Hall–Kier alpha value is -1.16. The second-order valence-corrected chi connectivity index (χ2v) is 4.43. The average Bonchev–Trinajstić information content (AvgIpc) is 2.30. The quantitative estimate of drug-likeness (QED) is 0.686. The molecule has 0 fully saturated rings. The van der Waals surface area contributed by atoms with Crippen LogP contribution in [0.4, 0.5) is 0 Å². The van der Waals surface area contributed by atoms with Crippen LogP contribution >= 0.6 is 15.9 Å². The van der Waals surface area contributed by atoms with Crippen LogP contribution in [0.5, 0.6) is 0 Å². The number of carboxylic acids is 1. The molecular weight excluding hydrogens is 272 g/mol. The van der Waals surface area contributed by atoms with Crippen molar-refractivity contribution in [2.75, 3.05) is 0 Å². The number of carboxylic acid groups (broad SMARTS) is 1. The molecule has 0 aliphatic rings. The number of rotatable bonds is 3. The first-order chi connectivity index (χ1) is 7.49. The first kappa shape index (κ1) is 14.8. The van der Waals surface area contributed by atoms with E-state index in [0.717, 1.165) is 11.8 Å². The molecule has 0 heterocycles. The molecule has 1 aromatic carbocycles. The van der Waals surface area contributed by atoms with Gasteiger partial charge in [-0.15, -0.1) is 0 Å². The summed E-state index contributed by atoms with van der Waals surface area (Å²) in [6.07, 6.45) is 0.870. The van der Waals surface area contributed by atoms with Crippen molar-refractivity contribution in [3.63, 3.8) is 0 Å². The number of carbonyl (C=O) groups is 2. The fourth-order valence-electron chi connectivity index (χ4n) is 0.715. The van der Waals surface area contributed by atoms with Crippen molar-refractivity contribution < 1.29 is 14.7 Å². The van der Waals surface area contributed by atoms with Crippen LogP contribution in [0, 0.1) is 5.92 Å². The Morgan fingerprint density at radius 3 is 2.06 bits per heavy atom. The molecule has 0 bridgehead atoms. The maximum atomic E-state index is 10.3. The van der Waals surface area contributed by atoms with Crippen LogP contribution in [-0.2, 0) is 9.59 Å². The van der Waals surface area contributed by atoms with E-state index >= 15 is 0 Å². The van der Waals surface area contributed by atoms with Crippen LogP contribution in [0.2, 0.25) is 0 Å². The largest absolute Gasteiger partial charge is 0.481 e. The smallest absolute Gasteiger partial charge is 0.305 e. The number of benzene rings is 1. The first-order valence-electron chi connectivity index (χ1n) is 4.86. The van der Waals surface area contributed by atoms with E-state index in [9.17, 15) is 9.59 Å². The summed E-state index contributed by atoms with van der Waals surface area (Å²) in [6, 6.07) is 9.57. The predicted octanol–water partition coefficient (Wildman–Crippen LogP) is 3.05. The fraction of sp³-hybridized carbons (Fsp3) is 0.333. The molecule has 3 nitrogen and oxygen atoms in total. The standard InChI is InChI=1S/C8H7BrO.C4H8O2/c9-8(6-10)7-4-2-1-3-5-7;1-3(2)4(5)6/h1-6,8H;3H,1-2H3,(H,5,6). The van der Waals surface area contributed by atoms with Crippen molar-refractivity contribution in [2.45, 2.75) is 18.7 Å². The Morgan fingerprint density at radius 2 is 1.75 bits per heavy atom. The monoisotopic (exact) mass is 286 g/mol. The minimum Gasteiger partial charge on any atom is -0.481 e. The molecule has 88 valence electrons. The zero-order valence-electron chi connectivity index (χ0n) is 9.26. The third-order valence-corrected chi connectivity index (χ3v) is 2.48. The molecule has 1 atom stereocenters. The van der Waals surface area contributed by atoms with Crippen LogP contribution in [-0.4, -0.2) is 17.4 Å². The molecule has 0 amide bonds. The lowest BCUT2D eigenvalue weighted by Crippen LogP contribution is -2.03. The molecule has 1 rings (SSSR count). The summed E-state index contributed by atoms with van der Waals surface area (Å²) in [7, 11) is 0. The number of hydrogen-bond acceptors (Lipinski definition) is 2. The van der Waals surface area contributed by atoms with Gasteiger partial charge >= 0.3 is 5.97 Å². The molecule has 0 saturated heterocycles. The van der Waals surface area contributed by atoms with E-state index in [1.54, 1.807) is 13.8 Å². The Morgan fingerprint density at radius 1 is 1.31 bits per heavy atom. The maximum absolute atomic E-state index is 10.3. The Balaban J connectivity index is 0.000000325. The number of carbonyl (C=O) groups excluding carboxylic acids is 1. The zero-order valence-corrected chi connectivity index (χ0v) is 10.8. The van der Waals surface area contributed by atoms with E-state index in [2.05, 4.69) is 15.9 Å². The van der Waals surface area contributed by atoms with Gasteiger partial charge in [0.05, 0.1) is 10.7 Å². The highest BCUT2D eigenvalue weighted by atomic mass is 79.9. The lowest BCUT2D eigenvalue weighted by molar-refractivity contribution is -0.140. The SMILES string of the molecule is CC(C)C(=O)O.O=CC(Br)c1ccccc1. The van der Waals surface area contributed by atoms with Gasteiger partial charge in [-0.3, -0.25) is 4.79 Å². The van der Waals surface area contributed by atoms with Gasteiger partial charge in [-0.25, -0.2) is 0 Å². The van der Waals surface area contributed by atoms with Gasteiger partial charge in [0.25, 0.3) is 0 Å². The van der Waals surface area contributed by atoms with Crippen LogP contribution in [0.25, 0.3) is 0 Å². The molecule has 0 aliphatic heterocycles. The van der Waals surface area contributed by atoms with Crippen molar-refractivity contribution in [1.29, 1.82) is 0 Å². The van der Waals surface area contributed by atoms with Crippen molar-refractivity contribution in [1.82, 2.24) is 0 Å². The second kappa shape index (κ2) is 8.05. The number of halogens is 1. The minimum atomic E-state index is -0.741. The van der Waals surface area contributed by atoms with Gasteiger partial charge in [0.15, 0.2) is 0 Å². The Bertz CT molecular complexity index is 322. The van der Waals surface area contributed by atoms with E-state index < -0.39 is 5.97 Å². The van der Waals surface area contributed by atoms with Gasteiger partial charge in [0.1, 0.15) is 6.29 Å². The van der Waals surface area contributed by atoms with Crippen LogP contribution in [0.15, 0.2) is 30.3 Å². The zero-order chi connectivity index (χ0) is 12.6. The molecular formula is C12H15BrO3. The summed E-state index contributed by atoms with van der Waals surface area (Å²) < 4.78 is 0. The molecule has 16 heavy (non-hydrogen) atoms. The van der Waals surface area contributed by atoms with E-state index in [1.165, 1.54) is 0 Å². The summed E-state index contributed by atoms with van der Waals surface area (Å²) in [5.74, 6) is -0.972. The molecule has 4 heteroatoms. The fourth-order valence-corrected chi connectivity index (χ4v) is 1.02. The van der Waals surface area contributed by atoms with Crippen molar-refractivity contribution in [2.24, 2.45) is 5.92 Å². The topological polar surface area (TPSA) is 54.4 Å². The van der Waals surface area contributed by atoms with Crippen LogP contribution < -0.4 is 0 Å². The number of alkyl halides is 1. The summed E-state index contributed by atoms with van der Waals surface area (Å²) >= 11 is 3.22. The second-order valence-electron chi connectivity index (χ2n) is 3.44. The molecule has 1 unspecified atom stereocenters. The molecule has 0 spiro atoms. The molecule has 1 aromatic rings. The number of hydrogen-bond donors (Lipinski definition) is 1. The van der Waals surface area contributed by atoms with Gasteiger partial charge < -0.3 is 9.90 Å². The third kappa shape index (κ3) is 6.35. The van der Waals surface area contributed by atoms with Gasteiger partial charge in [-0.2, -0.15) is 0 Å². The summed E-state index contributed by atoms with van der Waals surface area (Å²) in [5.41, 5.74) is 0.998. The number of aldehydes is 1. The predicted molar refractivity (Wildman–Crippen MR) is 66.6 cm³/mol. The lowest BCUT2D eigenvalue weighted by Gasteiger charge is -1.98. The average molecular weight is 287 g/mol. The van der Waals surface area contributed by atoms with Crippen molar-refractivity contribution >= 4 is 28.2 Å². The highest BCUT2D eigenvalue weighted by Crippen LogP contribution is 2.18. The summed E-state index contributed by atoms with van der Waals surface area (Å²) in [5, 5.41) is 7.99. The van der Waals surface area contributed by atoms with Crippen molar-refractivity contribution in [3.05, 3.63) is 35.9 Å². The summed E-state index contributed by atoms with van der Waals surface area (Å²) in [6.45, 7) is 3.28. The van der Waals surface area contributed by atoms with Gasteiger partial charge in [0, 0.05) is 0 Å². The number of aliphatic carboxylic acids is 1. The highest BCUT2D eigenvalue weighted by molar-refractivity contribution is 9.09. The normalized spacial score (nSPS) is 11.2. The Kier molecular flexibility index (Phi) is 7.46. The van der Waals surface area contributed by atoms with Crippen molar-refractivity contribution in [3.8, 4) is 0 Å². The molecule has 1 N–H and O–H groups in total. The maximum Gasteiger partial charge on any atom is 0.305 e. The van der Waals surface area contributed by atoms with E-state index in [4.69, 9.17) is 5.11 Å². The first-order valence-corrected chi connectivity index (χ1v) is 5.77. The van der Waals surface area contributed by atoms with Crippen LogP contribution in [0.1, 0.15) is 24.2 Å². The van der Waals surface area contributed by atoms with E-state index in [-0.39, 0.29) is 10.7 Å². The van der Waals surface area contributed by atoms with Gasteiger partial charge in [0.2, 0.25) is 0 Å². The molecule has 0 aromatic heterocycles. The molecule has 0 radical (unpaired) electrons. The van der Waals surface area contributed by atoms with Gasteiger partial charge in [-0.05, 0) is 5.56 Å². The lowest BCUT2D eigenvalue weighted by atomic mass is 10.2. The van der Waals surface area contributed by atoms with Gasteiger partial charge in [-0.1, -0.05) is 60.1 Å². The minimum absolute atomic E-state index is 0.159. The molecule has 0 aliphatic carbocycles. The highest BCUT2D eigenvalue weighted by Gasteiger charge is 2.02. The van der Waals surface area contributed by atoms with Crippen LogP contribution in [0.3, 0.4) is 0 Å².